The van der Waals surface area contributed by atoms with E-state index in [2.05, 4.69) is 5.32 Å². The molecule has 1 amide bonds. The number of halogens is 1. The molecule has 0 radical (unpaired) electrons. The fraction of sp³-hybridized carbons (Fsp3) is 0.462. The molecular formula is C13H19ClN2O2. The lowest BCUT2D eigenvalue weighted by atomic mass is 10.2. The van der Waals surface area contributed by atoms with Gasteiger partial charge in [-0.1, -0.05) is 18.5 Å². The van der Waals surface area contributed by atoms with Crippen LogP contribution in [0.15, 0.2) is 18.2 Å². The SMILES string of the molecule is CCC(C)OCCC(=O)Nc1ccc(Cl)c(N)c1. The molecule has 0 saturated heterocycles. The smallest absolute Gasteiger partial charge is 0.226 e. The number of nitrogens with one attached hydrogen (secondary N) is 1. The number of hydrogen-bond acceptors (Lipinski definition) is 3. The zero-order valence-electron chi connectivity index (χ0n) is 10.7. The summed E-state index contributed by atoms with van der Waals surface area (Å²) in [6, 6.07) is 5.00. The summed E-state index contributed by atoms with van der Waals surface area (Å²) in [4.78, 5) is 11.6. The first kappa shape index (κ1) is 14.8. The molecule has 4 nitrogen and oxygen atoms in total. The maximum Gasteiger partial charge on any atom is 0.226 e. The van der Waals surface area contributed by atoms with E-state index >= 15 is 0 Å². The number of nitrogen functional groups attached to an aromatic ring is 1. The van der Waals surface area contributed by atoms with Gasteiger partial charge in [0.25, 0.3) is 0 Å². The first-order valence-corrected chi connectivity index (χ1v) is 6.37. The molecule has 1 unspecified atom stereocenters. The van der Waals surface area contributed by atoms with E-state index in [0.29, 0.717) is 29.4 Å². The van der Waals surface area contributed by atoms with Crippen LogP contribution in [0.3, 0.4) is 0 Å². The second kappa shape index (κ2) is 7.24. The van der Waals surface area contributed by atoms with E-state index in [4.69, 9.17) is 22.1 Å². The predicted octanol–water partition coefficient (Wildman–Crippen LogP) is 3.07. The Kier molecular flexibility index (Phi) is 5.95. The fourth-order valence-corrected chi connectivity index (χ4v) is 1.43. The molecule has 100 valence electrons. The normalized spacial score (nSPS) is 12.2. The van der Waals surface area contributed by atoms with Gasteiger partial charge >= 0.3 is 0 Å². The fourth-order valence-electron chi connectivity index (χ4n) is 1.32. The topological polar surface area (TPSA) is 64.3 Å². The number of ether oxygens (including phenoxy) is 1. The molecule has 0 aliphatic rings. The average molecular weight is 271 g/mol. The number of carbonyl (C=O) groups is 1. The van der Waals surface area contributed by atoms with Crippen LogP contribution in [-0.2, 0) is 9.53 Å². The molecular weight excluding hydrogens is 252 g/mol. The van der Waals surface area contributed by atoms with Crippen molar-refractivity contribution < 1.29 is 9.53 Å². The van der Waals surface area contributed by atoms with Gasteiger partial charge in [0.1, 0.15) is 0 Å². The zero-order valence-corrected chi connectivity index (χ0v) is 11.5. The molecule has 0 aromatic heterocycles. The minimum absolute atomic E-state index is 0.0972. The Balaban J connectivity index is 2.38. The van der Waals surface area contributed by atoms with Gasteiger partial charge in [0, 0.05) is 5.69 Å². The number of anilines is 2. The van der Waals surface area contributed by atoms with Crippen molar-refractivity contribution in [2.24, 2.45) is 0 Å². The van der Waals surface area contributed by atoms with Crippen LogP contribution >= 0.6 is 11.6 Å². The third kappa shape index (κ3) is 4.94. The van der Waals surface area contributed by atoms with E-state index < -0.39 is 0 Å². The molecule has 0 heterocycles. The minimum Gasteiger partial charge on any atom is -0.397 e. The minimum atomic E-state index is -0.0972. The van der Waals surface area contributed by atoms with E-state index in [0.717, 1.165) is 6.42 Å². The zero-order chi connectivity index (χ0) is 13.5. The van der Waals surface area contributed by atoms with Gasteiger partial charge in [0.05, 0.1) is 29.8 Å². The quantitative estimate of drug-likeness (QED) is 0.781. The van der Waals surface area contributed by atoms with Gasteiger partial charge in [-0.3, -0.25) is 4.79 Å². The van der Waals surface area contributed by atoms with Crippen molar-refractivity contribution >= 4 is 28.9 Å². The van der Waals surface area contributed by atoms with Crippen LogP contribution in [0.4, 0.5) is 11.4 Å². The van der Waals surface area contributed by atoms with Crippen molar-refractivity contribution in [2.75, 3.05) is 17.7 Å². The molecule has 0 saturated carbocycles. The van der Waals surface area contributed by atoms with Crippen LogP contribution in [0.2, 0.25) is 5.02 Å². The number of amides is 1. The summed E-state index contributed by atoms with van der Waals surface area (Å²) < 4.78 is 5.44. The van der Waals surface area contributed by atoms with E-state index in [1.807, 2.05) is 13.8 Å². The lowest BCUT2D eigenvalue weighted by Crippen LogP contribution is -2.16. The third-order valence-corrected chi connectivity index (χ3v) is 2.93. The second-order valence-electron chi connectivity index (χ2n) is 4.12. The summed E-state index contributed by atoms with van der Waals surface area (Å²) in [6.45, 7) is 4.45. The Morgan fingerprint density at radius 1 is 1.56 bits per heavy atom. The Hall–Kier alpha value is -1.26. The third-order valence-electron chi connectivity index (χ3n) is 2.59. The molecule has 1 aromatic carbocycles. The Bertz CT molecular complexity index is 410. The van der Waals surface area contributed by atoms with Crippen LogP contribution < -0.4 is 11.1 Å². The number of nitrogens with two attached hydrogens (primary N) is 1. The highest BCUT2D eigenvalue weighted by molar-refractivity contribution is 6.33. The largest absolute Gasteiger partial charge is 0.397 e. The van der Waals surface area contributed by atoms with E-state index in [9.17, 15) is 4.79 Å². The molecule has 0 aliphatic carbocycles. The lowest BCUT2D eigenvalue weighted by Gasteiger charge is -2.10. The summed E-state index contributed by atoms with van der Waals surface area (Å²) in [5.74, 6) is -0.0972. The molecule has 5 heteroatoms. The van der Waals surface area contributed by atoms with Crippen molar-refractivity contribution in [1.29, 1.82) is 0 Å². The molecule has 0 spiro atoms. The number of benzene rings is 1. The van der Waals surface area contributed by atoms with Gasteiger partial charge in [0.2, 0.25) is 5.91 Å². The van der Waals surface area contributed by atoms with E-state index in [1.165, 1.54) is 0 Å². The predicted molar refractivity (Wildman–Crippen MR) is 74.8 cm³/mol. The molecule has 0 bridgehead atoms. The van der Waals surface area contributed by atoms with Crippen molar-refractivity contribution in [2.45, 2.75) is 32.8 Å². The van der Waals surface area contributed by atoms with Crippen LogP contribution in [-0.4, -0.2) is 18.6 Å². The highest BCUT2D eigenvalue weighted by Crippen LogP contribution is 2.22. The first-order chi connectivity index (χ1) is 8.52. The maximum atomic E-state index is 11.6. The molecule has 1 atom stereocenters. The van der Waals surface area contributed by atoms with Gasteiger partial charge in [-0.15, -0.1) is 0 Å². The average Bonchev–Trinajstić information content (AvgIpc) is 2.33. The molecule has 18 heavy (non-hydrogen) atoms. The number of rotatable bonds is 6. The highest BCUT2D eigenvalue weighted by atomic mass is 35.5. The summed E-state index contributed by atoms with van der Waals surface area (Å²) in [7, 11) is 0. The summed E-state index contributed by atoms with van der Waals surface area (Å²) in [6.07, 6.45) is 1.45. The summed E-state index contributed by atoms with van der Waals surface area (Å²) in [5.41, 5.74) is 6.74. The van der Waals surface area contributed by atoms with E-state index in [-0.39, 0.29) is 12.0 Å². The second-order valence-corrected chi connectivity index (χ2v) is 4.53. The molecule has 0 fully saturated rings. The Morgan fingerprint density at radius 2 is 2.28 bits per heavy atom. The highest BCUT2D eigenvalue weighted by Gasteiger charge is 2.05. The Labute approximate surface area is 112 Å². The van der Waals surface area contributed by atoms with Gasteiger partial charge in [-0.05, 0) is 31.5 Å². The molecule has 1 aromatic rings. The van der Waals surface area contributed by atoms with Crippen molar-refractivity contribution in [3.05, 3.63) is 23.2 Å². The number of hydrogen-bond donors (Lipinski definition) is 2. The molecule has 3 N–H and O–H groups in total. The van der Waals surface area contributed by atoms with Crippen LogP contribution in [0, 0.1) is 0 Å². The number of carbonyl (C=O) groups excluding carboxylic acids is 1. The first-order valence-electron chi connectivity index (χ1n) is 5.99. The molecule has 0 aliphatic heterocycles. The van der Waals surface area contributed by atoms with Gasteiger partial charge in [-0.2, -0.15) is 0 Å². The van der Waals surface area contributed by atoms with Gasteiger partial charge < -0.3 is 15.8 Å². The van der Waals surface area contributed by atoms with Crippen LogP contribution in [0.5, 0.6) is 0 Å². The van der Waals surface area contributed by atoms with E-state index in [1.54, 1.807) is 18.2 Å². The van der Waals surface area contributed by atoms with Crippen molar-refractivity contribution in [1.82, 2.24) is 0 Å². The summed E-state index contributed by atoms with van der Waals surface area (Å²) in [5, 5.41) is 3.22. The van der Waals surface area contributed by atoms with Crippen molar-refractivity contribution in [3.8, 4) is 0 Å². The van der Waals surface area contributed by atoms with Gasteiger partial charge in [-0.25, -0.2) is 0 Å². The van der Waals surface area contributed by atoms with Crippen LogP contribution in [0.1, 0.15) is 26.7 Å². The van der Waals surface area contributed by atoms with Crippen LogP contribution in [0.25, 0.3) is 0 Å². The van der Waals surface area contributed by atoms with Crippen molar-refractivity contribution in [3.63, 3.8) is 0 Å². The van der Waals surface area contributed by atoms with Gasteiger partial charge in [0.15, 0.2) is 0 Å². The maximum absolute atomic E-state index is 11.6. The summed E-state index contributed by atoms with van der Waals surface area (Å²) >= 11 is 5.79. The Morgan fingerprint density at radius 3 is 2.89 bits per heavy atom. The lowest BCUT2D eigenvalue weighted by molar-refractivity contribution is -0.117. The molecule has 1 rings (SSSR count). The standard InChI is InChI=1S/C13H19ClN2O2/c1-3-9(2)18-7-6-13(17)16-10-4-5-11(14)12(15)8-10/h4-5,8-9H,3,6-7,15H2,1-2H3,(H,16,17). The monoisotopic (exact) mass is 270 g/mol.